The molecule has 1 amide bonds. The zero-order valence-corrected chi connectivity index (χ0v) is 7.02. The quantitative estimate of drug-likeness (QED) is 0.524. The van der Waals surface area contributed by atoms with Crippen molar-refractivity contribution in [1.29, 1.82) is 0 Å². The number of carbonyl (C=O) groups is 1. The maximum absolute atomic E-state index is 11.3. The Hall–Kier alpha value is -0.530. The van der Waals surface area contributed by atoms with E-state index in [9.17, 15) is 4.79 Å². The van der Waals surface area contributed by atoms with Crippen LogP contribution < -0.4 is 5.32 Å². The average molecular weight is 153 g/mol. The van der Waals surface area contributed by atoms with Crippen LogP contribution in [0.2, 0.25) is 0 Å². The van der Waals surface area contributed by atoms with Gasteiger partial charge in [-0.15, -0.1) is 0 Å². The number of nitrogens with one attached hydrogen (secondary N) is 1. The van der Waals surface area contributed by atoms with Crippen LogP contribution in [0.15, 0.2) is 0 Å². The van der Waals surface area contributed by atoms with Crippen LogP contribution in [0.25, 0.3) is 0 Å². The molecule has 1 N–H and O–H groups in total. The van der Waals surface area contributed by atoms with Gasteiger partial charge in [0, 0.05) is 6.04 Å². The first-order valence-electron chi connectivity index (χ1n) is 4.57. The van der Waals surface area contributed by atoms with Crippen LogP contribution in [-0.2, 0) is 4.79 Å². The smallest absolute Gasteiger partial charge is 0.228 e. The molecular formula is C9H15NO. The molecule has 0 aromatic rings. The highest BCUT2D eigenvalue weighted by Gasteiger charge is 2.52. The van der Waals surface area contributed by atoms with Crippen molar-refractivity contribution in [2.75, 3.05) is 0 Å². The van der Waals surface area contributed by atoms with E-state index in [-0.39, 0.29) is 5.41 Å². The monoisotopic (exact) mass is 153 g/mol. The van der Waals surface area contributed by atoms with Gasteiger partial charge in [0.15, 0.2) is 0 Å². The molecule has 1 saturated carbocycles. The lowest BCUT2D eigenvalue weighted by Gasteiger charge is -2.49. The Morgan fingerprint density at radius 2 is 2.00 bits per heavy atom. The van der Waals surface area contributed by atoms with E-state index in [1.54, 1.807) is 0 Å². The zero-order valence-electron chi connectivity index (χ0n) is 7.02. The van der Waals surface area contributed by atoms with E-state index in [1.165, 1.54) is 19.3 Å². The van der Waals surface area contributed by atoms with Crippen LogP contribution in [0.3, 0.4) is 0 Å². The third kappa shape index (κ3) is 0.815. The van der Waals surface area contributed by atoms with Crippen molar-refractivity contribution in [1.82, 2.24) is 5.32 Å². The van der Waals surface area contributed by atoms with Gasteiger partial charge in [0.25, 0.3) is 0 Å². The summed E-state index contributed by atoms with van der Waals surface area (Å²) < 4.78 is 0. The molecule has 62 valence electrons. The predicted molar refractivity (Wildman–Crippen MR) is 43.1 cm³/mol. The van der Waals surface area contributed by atoms with Crippen molar-refractivity contribution in [3.8, 4) is 0 Å². The fourth-order valence-electron chi connectivity index (χ4n) is 2.44. The summed E-state index contributed by atoms with van der Waals surface area (Å²) in [5.41, 5.74) is 0.0677. The highest BCUT2D eigenvalue weighted by atomic mass is 16.2. The van der Waals surface area contributed by atoms with Crippen molar-refractivity contribution in [3.05, 3.63) is 0 Å². The Morgan fingerprint density at radius 3 is 2.36 bits per heavy atom. The minimum Gasteiger partial charge on any atom is -0.352 e. The Kier molecular flexibility index (Phi) is 1.44. The molecule has 2 aliphatic rings. The Balaban J connectivity index is 2.12. The summed E-state index contributed by atoms with van der Waals surface area (Å²) in [7, 11) is 0. The first-order valence-corrected chi connectivity index (χ1v) is 4.57. The van der Waals surface area contributed by atoms with Crippen molar-refractivity contribution in [2.45, 2.75) is 45.1 Å². The molecule has 1 atom stereocenters. The first kappa shape index (κ1) is 7.14. The fourth-order valence-corrected chi connectivity index (χ4v) is 2.44. The van der Waals surface area contributed by atoms with Crippen molar-refractivity contribution >= 4 is 5.91 Å². The van der Waals surface area contributed by atoms with Crippen LogP contribution in [0.5, 0.6) is 0 Å². The molecule has 1 aliphatic carbocycles. The van der Waals surface area contributed by atoms with Gasteiger partial charge >= 0.3 is 0 Å². The number of hydrogen-bond donors (Lipinski definition) is 1. The van der Waals surface area contributed by atoms with Crippen molar-refractivity contribution < 1.29 is 4.79 Å². The molecule has 0 aromatic carbocycles. The van der Waals surface area contributed by atoms with E-state index in [0.29, 0.717) is 11.9 Å². The summed E-state index contributed by atoms with van der Waals surface area (Å²) in [5, 5.41) is 2.93. The van der Waals surface area contributed by atoms with Gasteiger partial charge in [-0.1, -0.05) is 19.3 Å². The van der Waals surface area contributed by atoms with Crippen LogP contribution in [0.1, 0.15) is 39.0 Å². The number of carbonyl (C=O) groups excluding carboxylic acids is 1. The van der Waals surface area contributed by atoms with Crippen molar-refractivity contribution in [3.63, 3.8) is 0 Å². The van der Waals surface area contributed by atoms with Crippen LogP contribution >= 0.6 is 0 Å². The molecule has 1 saturated heterocycles. The lowest BCUT2D eigenvalue weighted by atomic mass is 9.64. The molecule has 1 spiro atoms. The zero-order chi connectivity index (χ0) is 7.90. The Labute approximate surface area is 67.4 Å². The molecular weight excluding hydrogens is 138 g/mol. The number of β-lactam (4-membered cyclic amide) rings is 1. The summed E-state index contributed by atoms with van der Waals surface area (Å²) in [5.74, 6) is 0.310. The molecule has 2 rings (SSSR count). The van der Waals surface area contributed by atoms with Gasteiger partial charge in [-0.05, 0) is 19.8 Å². The first-order chi connectivity index (χ1) is 5.26. The van der Waals surface area contributed by atoms with Gasteiger partial charge in [-0.3, -0.25) is 4.79 Å². The lowest BCUT2D eigenvalue weighted by Crippen LogP contribution is -2.66. The molecule has 2 heteroatoms. The van der Waals surface area contributed by atoms with Gasteiger partial charge < -0.3 is 5.32 Å². The number of hydrogen-bond acceptors (Lipinski definition) is 1. The summed E-state index contributed by atoms with van der Waals surface area (Å²) >= 11 is 0. The van der Waals surface area contributed by atoms with Gasteiger partial charge in [-0.25, -0.2) is 0 Å². The third-order valence-electron chi connectivity index (χ3n) is 3.37. The van der Waals surface area contributed by atoms with Crippen LogP contribution in [-0.4, -0.2) is 11.9 Å². The molecule has 1 unspecified atom stereocenters. The standard InChI is InChI=1S/C9H15NO/c1-7-9(8(11)10-7)5-3-2-4-6-9/h7H,2-6H2,1H3,(H,10,11). The minimum absolute atomic E-state index is 0.0677. The van der Waals surface area contributed by atoms with Crippen molar-refractivity contribution in [2.24, 2.45) is 5.41 Å². The Morgan fingerprint density at radius 1 is 1.36 bits per heavy atom. The molecule has 0 bridgehead atoms. The minimum atomic E-state index is 0.0677. The average Bonchev–Trinajstić information content (AvgIpc) is 2.07. The van der Waals surface area contributed by atoms with E-state index in [0.717, 1.165) is 12.8 Å². The largest absolute Gasteiger partial charge is 0.352 e. The second-order valence-corrected chi connectivity index (χ2v) is 3.91. The highest BCUT2D eigenvalue weighted by molar-refractivity contribution is 5.89. The SMILES string of the molecule is CC1NC(=O)C12CCCCC2. The molecule has 0 radical (unpaired) electrons. The highest BCUT2D eigenvalue weighted by Crippen LogP contribution is 2.44. The Bertz CT molecular complexity index is 182. The number of rotatable bonds is 0. The van der Waals surface area contributed by atoms with Crippen LogP contribution in [0.4, 0.5) is 0 Å². The van der Waals surface area contributed by atoms with E-state index >= 15 is 0 Å². The maximum Gasteiger partial charge on any atom is 0.228 e. The van der Waals surface area contributed by atoms with E-state index in [4.69, 9.17) is 0 Å². The molecule has 11 heavy (non-hydrogen) atoms. The molecule has 2 nitrogen and oxygen atoms in total. The lowest BCUT2D eigenvalue weighted by molar-refractivity contribution is -0.148. The molecule has 1 heterocycles. The number of amides is 1. The van der Waals surface area contributed by atoms with Gasteiger partial charge in [-0.2, -0.15) is 0 Å². The second kappa shape index (κ2) is 2.23. The summed E-state index contributed by atoms with van der Waals surface area (Å²) in [6.07, 6.45) is 6.07. The van der Waals surface area contributed by atoms with Gasteiger partial charge in [0.1, 0.15) is 0 Å². The third-order valence-corrected chi connectivity index (χ3v) is 3.37. The molecule has 2 fully saturated rings. The summed E-state index contributed by atoms with van der Waals surface area (Å²) in [6.45, 7) is 2.13. The predicted octanol–water partition coefficient (Wildman–Crippen LogP) is 1.46. The van der Waals surface area contributed by atoms with E-state index < -0.39 is 0 Å². The van der Waals surface area contributed by atoms with Gasteiger partial charge in [0.05, 0.1) is 5.41 Å². The maximum atomic E-state index is 11.3. The fraction of sp³-hybridized carbons (Fsp3) is 0.889. The van der Waals surface area contributed by atoms with E-state index in [2.05, 4.69) is 12.2 Å². The van der Waals surface area contributed by atoms with E-state index in [1.807, 2.05) is 0 Å². The second-order valence-electron chi connectivity index (χ2n) is 3.91. The molecule has 0 aromatic heterocycles. The molecule has 1 aliphatic heterocycles. The normalized spacial score (nSPS) is 34.6. The summed E-state index contributed by atoms with van der Waals surface area (Å²) in [6, 6.07) is 0.440. The topological polar surface area (TPSA) is 29.1 Å². The summed E-state index contributed by atoms with van der Waals surface area (Å²) in [4.78, 5) is 11.3. The van der Waals surface area contributed by atoms with Crippen LogP contribution in [0, 0.1) is 5.41 Å². The van der Waals surface area contributed by atoms with Gasteiger partial charge in [0.2, 0.25) is 5.91 Å².